The summed E-state index contributed by atoms with van der Waals surface area (Å²) in [4.78, 5) is 11.8. The lowest BCUT2D eigenvalue weighted by Gasteiger charge is -2.58. The highest BCUT2D eigenvalue weighted by Crippen LogP contribution is 2.65. The van der Waals surface area contributed by atoms with Gasteiger partial charge in [0.2, 0.25) is 0 Å². The quantitative estimate of drug-likeness (QED) is 0.727. The van der Waals surface area contributed by atoms with Crippen LogP contribution in [0.4, 0.5) is 0 Å². The molecule has 4 aliphatic carbocycles. The Bertz CT molecular complexity index is 658. The number of aliphatic hydroxyl groups is 2. The predicted octanol–water partition coefficient (Wildman–Crippen LogP) is 3.18. The number of rotatable bonds is 1. The molecule has 0 aliphatic heterocycles. The van der Waals surface area contributed by atoms with Crippen molar-refractivity contribution in [3.05, 3.63) is 35.5 Å². The van der Waals surface area contributed by atoms with Gasteiger partial charge in [-0.05, 0) is 61.5 Å². The first kappa shape index (κ1) is 16.3. The third-order valence-corrected chi connectivity index (χ3v) is 7.68. The van der Waals surface area contributed by atoms with Gasteiger partial charge in [-0.1, -0.05) is 37.1 Å². The van der Waals surface area contributed by atoms with Crippen LogP contribution < -0.4 is 0 Å². The smallest absolute Gasteiger partial charge is 0.178 e. The molecule has 3 nitrogen and oxygen atoms in total. The van der Waals surface area contributed by atoms with E-state index in [1.807, 2.05) is 12.2 Å². The molecule has 0 radical (unpaired) electrons. The minimum Gasteiger partial charge on any atom is -0.393 e. The van der Waals surface area contributed by atoms with Gasteiger partial charge in [0.05, 0.1) is 12.7 Å². The Morgan fingerprint density at radius 3 is 2.83 bits per heavy atom. The molecule has 3 heteroatoms. The van der Waals surface area contributed by atoms with Crippen molar-refractivity contribution >= 4 is 5.78 Å². The number of carbonyl (C=O) groups excluding carboxylic acids is 1. The van der Waals surface area contributed by atoms with Gasteiger partial charge in [0.1, 0.15) is 0 Å². The molecule has 2 N–H and O–H groups in total. The highest BCUT2D eigenvalue weighted by atomic mass is 16.3. The van der Waals surface area contributed by atoms with Crippen LogP contribution in [-0.2, 0) is 4.79 Å². The molecule has 24 heavy (non-hydrogen) atoms. The van der Waals surface area contributed by atoms with Crippen LogP contribution in [-0.4, -0.2) is 28.7 Å². The molecule has 0 heterocycles. The summed E-state index contributed by atoms with van der Waals surface area (Å²) in [6, 6.07) is 0. The maximum atomic E-state index is 11.8. The molecule has 0 aromatic rings. The van der Waals surface area contributed by atoms with E-state index < -0.39 is 0 Å². The summed E-state index contributed by atoms with van der Waals surface area (Å²) in [6.07, 6.45) is 12.2. The van der Waals surface area contributed by atoms with Crippen LogP contribution in [0.5, 0.6) is 0 Å². The summed E-state index contributed by atoms with van der Waals surface area (Å²) in [6.45, 7) is 4.60. The number of fused-ring (bicyclic) bond motifs is 5. The lowest BCUT2D eigenvalue weighted by Crippen LogP contribution is -2.55. The van der Waals surface area contributed by atoms with Gasteiger partial charge < -0.3 is 10.2 Å². The predicted molar refractivity (Wildman–Crippen MR) is 93.2 cm³/mol. The monoisotopic (exact) mass is 328 g/mol. The second-order valence-electron chi connectivity index (χ2n) is 8.66. The molecule has 0 aromatic carbocycles. The highest BCUT2D eigenvalue weighted by molar-refractivity contribution is 6.01. The van der Waals surface area contributed by atoms with Crippen LogP contribution >= 0.6 is 0 Å². The van der Waals surface area contributed by atoms with Crippen molar-refractivity contribution in [3.63, 3.8) is 0 Å². The second kappa shape index (κ2) is 5.40. The van der Waals surface area contributed by atoms with Crippen molar-refractivity contribution in [1.29, 1.82) is 0 Å². The normalized spacial score (nSPS) is 48.8. The van der Waals surface area contributed by atoms with Crippen molar-refractivity contribution in [3.8, 4) is 0 Å². The van der Waals surface area contributed by atoms with E-state index in [1.54, 1.807) is 6.08 Å². The maximum Gasteiger partial charge on any atom is 0.178 e. The van der Waals surface area contributed by atoms with E-state index in [0.29, 0.717) is 11.8 Å². The largest absolute Gasteiger partial charge is 0.393 e. The zero-order chi connectivity index (χ0) is 17.1. The van der Waals surface area contributed by atoms with E-state index in [-0.39, 0.29) is 35.2 Å². The standard InChI is InChI=1S/C21H28O3/c1-20-9-7-15(23)11-14(20)3-5-16-17-6-4-13(8-10-22)21(17,2)12-18(24)19(16)20/h7-9,11,16-19,22,24H,3-6,10,12H2,1-2H3/t16-,17-,18?,19+,20-,21+/m0/s1. The Morgan fingerprint density at radius 2 is 2.08 bits per heavy atom. The van der Waals surface area contributed by atoms with Gasteiger partial charge in [-0.3, -0.25) is 4.79 Å². The van der Waals surface area contributed by atoms with Crippen molar-refractivity contribution in [1.82, 2.24) is 0 Å². The summed E-state index contributed by atoms with van der Waals surface area (Å²) in [5.74, 6) is 1.36. The van der Waals surface area contributed by atoms with E-state index in [0.717, 1.165) is 32.1 Å². The molecule has 3 fully saturated rings. The van der Waals surface area contributed by atoms with E-state index in [1.165, 1.54) is 11.1 Å². The number of aliphatic hydroxyl groups excluding tert-OH is 2. The molecule has 0 amide bonds. The third-order valence-electron chi connectivity index (χ3n) is 7.68. The summed E-state index contributed by atoms with van der Waals surface area (Å²) >= 11 is 0. The van der Waals surface area contributed by atoms with Crippen molar-refractivity contribution in [2.24, 2.45) is 28.6 Å². The van der Waals surface area contributed by atoms with Crippen LogP contribution in [0.3, 0.4) is 0 Å². The van der Waals surface area contributed by atoms with E-state index in [2.05, 4.69) is 19.9 Å². The first-order chi connectivity index (χ1) is 11.4. The van der Waals surface area contributed by atoms with Gasteiger partial charge in [0.15, 0.2) is 5.78 Å². The molecule has 4 aliphatic rings. The molecule has 0 spiro atoms. The van der Waals surface area contributed by atoms with E-state index >= 15 is 0 Å². The van der Waals surface area contributed by atoms with Gasteiger partial charge in [0.25, 0.3) is 0 Å². The zero-order valence-electron chi connectivity index (χ0n) is 14.7. The molecule has 0 bridgehead atoms. The molecular formula is C21H28O3. The Labute approximate surface area is 144 Å². The first-order valence-corrected chi connectivity index (χ1v) is 9.33. The SMILES string of the molecule is C[C@]12C=CC(=O)C=C1CC[C@@H]1[C@@H]2C(O)C[C@]2(C)C(=CCO)CC[C@@H]12. The Hall–Kier alpha value is -1.19. The minimum atomic E-state index is -0.358. The Kier molecular flexibility index (Phi) is 3.67. The van der Waals surface area contributed by atoms with Gasteiger partial charge in [-0.25, -0.2) is 0 Å². The minimum absolute atomic E-state index is 0.0229. The van der Waals surface area contributed by atoms with Crippen LogP contribution in [0.15, 0.2) is 35.5 Å². The van der Waals surface area contributed by atoms with Crippen molar-refractivity contribution in [2.45, 2.75) is 52.1 Å². The van der Waals surface area contributed by atoms with E-state index in [9.17, 15) is 15.0 Å². The molecule has 3 saturated carbocycles. The molecule has 1 unspecified atom stereocenters. The van der Waals surface area contributed by atoms with Gasteiger partial charge >= 0.3 is 0 Å². The fourth-order valence-corrected chi connectivity index (χ4v) is 6.62. The van der Waals surface area contributed by atoms with Gasteiger partial charge in [-0.2, -0.15) is 0 Å². The number of allylic oxidation sites excluding steroid dienone is 5. The fraction of sp³-hybridized carbons (Fsp3) is 0.667. The summed E-state index contributed by atoms with van der Waals surface area (Å²) < 4.78 is 0. The lowest BCUT2D eigenvalue weighted by molar-refractivity contribution is -0.112. The Balaban J connectivity index is 1.74. The topological polar surface area (TPSA) is 57.5 Å². The summed E-state index contributed by atoms with van der Waals surface area (Å²) in [7, 11) is 0. The number of carbonyl (C=O) groups is 1. The molecule has 6 atom stereocenters. The average Bonchev–Trinajstić information content (AvgIpc) is 2.84. The molecule has 0 aromatic heterocycles. The molecule has 0 saturated heterocycles. The van der Waals surface area contributed by atoms with Crippen LogP contribution in [0.1, 0.15) is 46.0 Å². The molecule has 4 rings (SSSR count). The Morgan fingerprint density at radius 1 is 1.29 bits per heavy atom. The average molecular weight is 328 g/mol. The van der Waals surface area contributed by atoms with Gasteiger partial charge in [-0.15, -0.1) is 0 Å². The number of hydrogen-bond acceptors (Lipinski definition) is 3. The summed E-state index contributed by atoms with van der Waals surface area (Å²) in [5.41, 5.74) is 2.40. The van der Waals surface area contributed by atoms with Crippen LogP contribution in [0.25, 0.3) is 0 Å². The van der Waals surface area contributed by atoms with Crippen molar-refractivity contribution in [2.75, 3.05) is 6.61 Å². The number of ketones is 1. The maximum absolute atomic E-state index is 11.8. The zero-order valence-corrected chi connectivity index (χ0v) is 14.7. The van der Waals surface area contributed by atoms with E-state index in [4.69, 9.17) is 0 Å². The van der Waals surface area contributed by atoms with Crippen molar-refractivity contribution < 1.29 is 15.0 Å². The fourth-order valence-electron chi connectivity index (χ4n) is 6.62. The van der Waals surface area contributed by atoms with Crippen LogP contribution in [0, 0.1) is 28.6 Å². The first-order valence-electron chi connectivity index (χ1n) is 9.33. The lowest BCUT2D eigenvalue weighted by atomic mass is 9.47. The van der Waals surface area contributed by atoms with Gasteiger partial charge in [0, 0.05) is 11.3 Å². The number of hydrogen-bond donors (Lipinski definition) is 2. The summed E-state index contributed by atoms with van der Waals surface area (Å²) in [5, 5.41) is 20.5. The molecule has 130 valence electrons. The highest BCUT2D eigenvalue weighted by Gasteiger charge is 2.60. The third kappa shape index (κ3) is 2.07. The van der Waals surface area contributed by atoms with Crippen LogP contribution in [0.2, 0.25) is 0 Å². The second-order valence-corrected chi connectivity index (χ2v) is 8.66. The molecular weight excluding hydrogens is 300 g/mol.